The largest absolute Gasteiger partial charge is 0.392 e. The number of hydrogen-bond donors (Lipinski definition) is 1. The molecule has 1 unspecified atom stereocenters. The molecule has 0 aromatic carbocycles. The van der Waals surface area contributed by atoms with E-state index in [1.54, 1.807) is 0 Å². The van der Waals surface area contributed by atoms with Crippen molar-refractivity contribution in [2.24, 2.45) is 16.4 Å². The van der Waals surface area contributed by atoms with Gasteiger partial charge in [0.25, 0.3) is 0 Å². The molecule has 0 saturated heterocycles. The van der Waals surface area contributed by atoms with Crippen LogP contribution in [0.3, 0.4) is 0 Å². The lowest BCUT2D eigenvalue weighted by molar-refractivity contribution is -0.0287. The molecular weight excluding hydrogens is 154 g/mol. The third-order valence-corrected chi connectivity index (χ3v) is 3.73. The van der Waals surface area contributed by atoms with Gasteiger partial charge in [0.2, 0.25) is 0 Å². The van der Waals surface area contributed by atoms with Crippen molar-refractivity contribution >= 4 is 0 Å². The van der Waals surface area contributed by atoms with Gasteiger partial charge in [-0.15, -0.1) is 0 Å². The number of aliphatic hydroxyl groups is 1. The highest BCUT2D eigenvalue weighted by atomic mass is 16.3. The molecule has 2 saturated carbocycles. The van der Waals surface area contributed by atoms with Crippen LogP contribution in [0.15, 0.2) is 5.11 Å². The molecule has 0 heterocycles. The third-order valence-electron chi connectivity index (χ3n) is 3.73. The second-order valence-electron chi connectivity index (χ2n) is 4.19. The first-order valence-corrected chi connectivity index (χ1v) is 4.41. The first-order valence-electron chi connectivity index (χ1n) is 4.41. The first kappa shape index (κ1) is 7.90. The highest BCUT2D eigenvalue weighted by Gasteiger charge is 2.56. The molecule has 2 aliphatic carbocycles. The summed E-state index contributed by atoms with van der Waals surface area (Å²) in [6, 6.07) is -0.174. The molecule has 0 amide bonds. The summed E-state index contributed by atoms with van der Waals surface area (Å²) in [6.45, 7) is 2.10. The maximum absolute atomic E-state index is 9.80. The number of fused-ring (bicyclic) bond motifs is 1. The summed E-state index contributed by atoms with van der Waals surface area (Å²) in [6.07, 6.45) is 2.73. The van der Waals surface area contributed by atoms with Crippen molar-refractivity contribution in [1.29, 1.82) is 0 Å². The molecule has 2 rings (SSSR count). The Kier molecular flexibility index (Phi) is 1.56. The molecular formula is C8H13N3O. The second-order valence-corrected chi connectivity index (χ2v) is 4.19. The second kappa shape index (κ2) is 2.38. The Balaban J connectivity index is 2.19. The molecule has 0 radical (unpaired) electrons. The Labute approximate surface area is 71.2 Å². The molecule has 4 nitrogen and oxygen atoms in total. The Morgan fingerprint density at radius 2 is 2.42 bits per heavy atom. The average Bonchev–Trinajstić information content (AvgIpc) is 2.19. The van der Waals surface area contributed by atoms with Crippen molar-refractivity contribution in [2.45, 2.75) is 38.3 Å². The Morgan fingerprint density at radius 3 is 2.75 bits per heavy atom. The van der Waals surface area contributed by atoms with Crippen molar-refractivity contribution < 1.29 is 5.11 Å². The first-order chi connectivity index (χ1) is 5.68. The molecule has 0 aromatic heterocycles. The summed E-state index contributed by atoms with van der Waals surface area (Å²) in [5.41, 5.74) is 8.32. The van der Waals surface area contributed by atoms with Crippen LogP contribution in [0.2, 0.25) is 0 Å². The summed E-state index contributed by atoms with van der Waals surface area (Å²) in [5.74, 6) is 0.586. The van der Waals surface area contributed by atoms with E-state index < -0.39 is 6.10 Å². The van der Waals surface area contributed by atoms with Gasteiger partial charge in [-0.3, -0.25) is 0 Å². The van der Waals surface area contributed by atoms with E-state index in [-0.39, 0.29) is 11.5 Å². The molecule has 12 heavy (non-hydrogen) atoms. The lowest BCUT2D eigenvalue weighted by Crippen LogP contribution is -2.42. The zero-order chi connectivity index (χ0) is 8.77. The van der Waals surface area contributed by atoms with Crippen LogP contribution in [0.25, 0.3) is 10.4 Å². The Hall–Kier alpha value is -0.730. The highest BCUT2D eigenvalue weighted by Crippen LogP contribution is 2.57. The molecule has 4 heteroatoms. The minimum absolute atomic E-state index is 0.0544. The van der Waals surface area contributed by atoms with Crippen LogP contribution in [0.5, 0.6) is 0 Å². The molecule has 0 aliphatic heterocycles. The van der Waals surface area contributed by atoms with Crippen molar-refractivity contribution in [3.05, 3.63) is 10.4 Å². The minimum atomic E-state index is -0.410. The molecule has 2 aliphatic rings. The number of aliphatic hydroxyl groups excluding tert-OH is 1. The van der Waals surface area contributed by atoms with E-state index in [1.807, 2.05) is 0 Å². The van der Waals surface area contributed by atoms with Crippen molar-refractivity contribution in [1.82, 2.24) is 0 Å². The Bertz CT molecular complexity index is 249. The number of azide groups is 1. The zero-order valence-electron chi connectivity index (χ0n) is 7.14. The summed E-state index contributed by atoms with van der Waals surface area (Å²) in [4.78, 5) is 2.76. The van der Waals surface area contributed by atoms with Gasteiger partial charge in [-0.25, -0.2) is 0 Å². The fourth-order valence-electron chi connectivity index (χ4n) is 2.62. The van der Waals surface area contributed by atoms with Gasteiger partial charge in [0.15, 0.2) is 0 Å². The van der Waals surface area contributed by atoms with Gasteiger partial charge in [-0.05, 0) is 36.1 Å². The fraction of sp³-hybridized carbons (Fsp3) is 1.00. The van der Waals surface area contributed by atoms with Crippen LogP contribution in [-0.4, -0.2) is 17.3 Å². The van der Waals surface area contributed by atoms with E-state index in [1.165, 1.54) is 6.42 Å². The van der Waals surface area contributed by atoms with E-state index >= 15 is 0 Å². The zero-order valence-corrected chi connectivity index (χ0v) is 7.14. The summed E-state index contributed by atoms with van der Waals surface area (Å²) >= 11 is 0. The minimum Gasteiger partial charge on any atom is -0.392 e. The lowest BCUT2D eigenvalue weighted by atomic mass is 9.62. The number of rotatable bonds is 1. The van der Waals surface area contributed by atoms with Crippen LogP contribution in [0, 0.1) is 11.3 Å². The average molecular weight is 167 g/mol. The van der Waals surface area contributed by atoms with Crippen LogP contribution in [0.4, 0.5) is 0 Å². The predicted octanol–water partition coefficient (Wildman–Crippen LogP) is 1.85. The van der Waals surface area contributed by atoms with Gasteiger partial charge >= 0.3 is 0 Å². The van der Waals surface area contributed by atoms with E-state index in [4.69, 9.17) is 5.53 Å². The van der Waals surface area contributed by atoms with Gasteiger partial charge in [-0.2, -0.15) is 0 Å². The molecule has 66 valence electrons. The quantitative estimate of drug-likeness (QED) is 0.361. The third kappa shape index (κ3) is 0.793. The summed E-state index contributed by atoms with van der Waals surface area (Å²) in [5, 5.41) is 13.4. The predicted molar refractivity (Wildman–Crippen MR) is 44.4 cm³/mol. The van der Waals surface area contributed by atoms with E-state index in [0.717, 1.165) is 12.8 Å². The molecule has 4 atom stereocenters. The molecule has 0 aromatic rings. The van der Waals surface area contributed by atoms with Crippen LogP contribution >= 0.6 is 0 Å². The smallest absolute Gasteiger partial charge is 0.0681 e. The van der Waals surface area contributed by atoms with Gasteiger partial charge in [-0.1, -0.05) is 12.0 Å². The Morgan fingerprint density at radius 1 is 1.67 bits per heavy atom. The molecule has 1 N–H and O–H groups in total. The van der Waals surface area contributed by atoms with E-state index in [9.17, 15) is 5.11 Å². The van der Waals surface area contributed by atoms with Crippen LogP contribution in [-0.2, 0) is 0 Å². The SMILES string of the molecule is C[C@@]12CCC1C[C@@H](N=[N+]=[N-])[C@@H]2O. The maximum atomic E-state index is 9.80. The van der Waals surface area contributed by atoms with Crippen molar-refractivity contribution in [2.75, 3.05) is 0 Å². The fourth-order valence-corrected chi connectivity index (χ4v) is 2.62. The number of nitrogens with zero attached hydrogens (tertiary/aromatic N) is 3. The standard InChI is InChI=1S/C8H13N3O/c1-8-3-2-5(8)4-6(7(8)12)10-11-9/h5-7,12H,2-4H2,1H3/t5?,6-,7+,8-/m1/s1. The van der Waals surface area contributed by atoms with E-state index in [2.05, 4.69) is 16.9 Å². The van der Waals surface area contributed by atoms with Gasteiger partial charge in [0.1, 0.15) is 0 Å². The molecule has 2 fully saturated rings. The number of hydrogen-bond acceptors (Lipinski definition) is 2. The highest BCUT2D eigenvalue weighted by molar-refractivity contribution is 5.08. The van der Waals surface area contributed by atoms with Crippen molar-refractivity contribution in [3.63, 3.8) is 0 Å². The van der Waals surface area contributed by atoms with Crippen LogP contribution < -0.4 is 0 Å². The van der Waals surface area contributed by atoms with E-state index in [0.29, 0.717) is 5.92 Å². The van der Waals surface area contributed by atoms with Gasteiger partial charge in [0, 0.05) is 4.91 Å². The lowest BCUT2D eigenvalue weighted by Gasteiger charge is -2.44. The molecule has 0 spiro atoms. The normalized spacial score (nSPS) is 50.7. The summed E-state index contributed by atoms with van der Waals surface area (Å²) in [7, 11) is 0. The molecule has 0 bridgehead atoms. The summed E-state index contributed by atoms with van der Waals surface area (Å²) < 4.78 is 0. The van der Waals surface area contributed by atoms with Gasteiger partial charge < -0.3 is 5.11 Å². The van der Waals surface area contributed by atoms with Crippen molar-refractivity contribution in [3.8, 4) is 0 Å². The monoisotopic (exact) mass is 167 g/mol. The van der Waals surface area contributed by atoms with Crippen LogP contribution in [0.1, 0.15) is 26.2 Å². The topological polar surface area (TPSA) is 69.0 Å². The maximum Gasteiger partial charge on any atom is 0.0681 e. The van der Waals surface area contributed by atoms with Gasteiger partial charge in [0.05, 0.1) is 12.1 Å².